The third-order valence-corrected chi connectivity index (χ3v) is 1.79. The van der Waals surface area contributed by atoms with Gasteiger partial charge in [-0.1, -0.05) is 6.58 Å². The summed E-state index contributed by atoms with van der Waals surface area (Å²) in [7, 11) is 0. The molecule has 0 unspecified atom stereocenters. The zero-order valence-corrected chi connectivity index (χ0v) is 8.03. The van der Waals surface area contributed by atoms with Crippen molar-refractivity contribution >= 4 is 0 Å². The van der Waals surface area contributed by atoms with E-state index < -0.39 is 5.41 Å². The summed E-state index contributed by atoms with van der Waals surface area (Å²) in [4.78, 5) is 0. The molecule has 0 fully saturated rings. The monoisotopic (exact) mass is 190 g/mol. The Morgan fingerprint density at radius 1 is 1.31 bits per heavy atom. The fourth-order valence-corrected chi connectivity index (χ4v) is 0.829. The number of aliphatic hydroxyl groups is 2. The quantitative estimate of drug-likeness (QED) is 0.535. The Hall–Kier alpha value is -0.580. The molecule has 2 N–H and O–H groups in total. The molecular formula is C9H18O4. The lowest BCUT2D eigenvalue weighted by Crippen LogP contribution is -2.39. The molecule has 0 spiro atoms. The van der Waals surface area contributed by atoms with Crippen molar-refractivity contribution in [2.45, 2.75) is 6.92 Å². The van der Waals surface area contributed by atoms with Crippen LogP contribution in [0.2, 0.25) is 0 Å². The minimum atomic E-state index is -0.718. The van der Waals surface area contributed by atoms with Crippen molar-refractivity contribution in [2.75, 3.05) is 33.0 Å². The first-order valence-corrected chi connectivity index (χ1v) is 4.26. The predicted octanol–water partition coefficient (Wildman–Crippen LogP) is 0.154. The van der Waals surface area contributed by atoms with Crippen LogP contribution in [0, 0.1) is 5.41 Å². The van der Waals surface area contributed by atoms with Gasteiger partial charge in [0, 0.05) is 6.61 Å². The van der Waals surface area contributed by atoms with E-state index in [1.807, 2.05) is 6.92 Å². The van der Waals surface area contributed by atoms with Gasteiger partial charge in [0.25, 0.3) is 0 Å². The molecule has 4 nitrogen and oxygen atoms in total. The van der Waals surface area contributed by atoms with E-state index in [4.69, 9.17) is 19.7 Å². The van der Waals surface area contributed by atoms with Gasteiger partial charge in [-0.15, -0.1) is 0 Å². The smallest absolute Gasteiger partial charge is 0.0995 e. The molecule has 0 atom stereocenters. The van der Waals surface area contributed by atoms with Gasteiger partial charge < -0.3 is 19.7 Å². The van der Waals surface area contributed by atoms with Gasteiger partial charge in [0.05, 0.1) is 38.1 Å². The maximum atomic E-state index is 9.08. The summed E-state index contributed by atoms with van der Waals surface area (Å²) in [5.41, 5.74) is -0.718. The summed E-state index contributed by atoms with van der Waals surface area (Å²) in [6, 6.07) is 0. The molecule has 0 heterocycles. The molecule has 78 valence electrons. The molecule has 0 aliphatic heterocycles. The molecule has 0 aromatic heterocycles. The highest BCUT2D eigenvalue weighted by Gasteiger charge is 2.29. The van der Waals surface area contributed by atoms with E-state index in [1.165, 1.54) is 6.26 Å². The highest BCUT2D eigenvalue weighted by molar-refractivity contribution is 4.78. The highest BCUT2D eigenvalue weighted by atomic mass is 16.5. The van der Waals surface area contributed by atoms with E-state index in [1.54, 1.807) is 0 Å². The van der Waals surface area contributed by atoms with E-state index in [0.29, 0.717) is 6.61 Å². The lowest BCUT2D eigenvalue weighted by Gasteiger charge is -2.28. The summed E-state index contributed by atoms with van der Waals surface area (Å²) in [5.74, 6) is 0. The van der Waals surface area contributed by atoms with Crippen molar-refractivity contribution in [2.24, 2.45) is 5.41 Å². The third kappa shape index (κ3) is 4.26. The minimum absolute atomic E-state index is 0.169. The van der Waals surface area contributed by atoms with E-state index >= 15 is 0 Å². The van der Waals surface area contributed by atoms with Crippen molar-refractivity contribution in [1.82, 2.24) is 0 Å². The topological polar surface area (TPSA) is 58.9 Å². The maximum Gasteiger partial charge on any atom is 0.0995 e. The van der Waals surface area contributed by atoms with Crippen molar-refractivity contribution in [3.8, 4) is 0 Å². The minimum Gasteiger partial charge on any atom is -0.501 e. The second-order valence-electron chi connectivity index (χ2n) is 2.93. The summed E-state index contributed by atoms with van der Waals surface area (Å²) >= 11 is 0. The van der Waals surface area contributed by atoms with Gasteiger partial charge in [0.2, 0.25) is 0 Å². The van der Waals surface area contributed by atoms with E-state index in [9.17, 15) is 0 Å². The average molecular weight is 190 g/mol. The van der Waals surface area contributed by atoms with Gasteiger partial charge in [0.15, 0.2) is 0 Å². The molecule has 0 rings (SSSR count). The number of hydrogen-bond acceptors (Lipinski definition) is 4. The summed E-state index contributed by atoms with van der Waals surface area (Å²) in [5, 5.41) is 18.2. The summed E-state index contributed by atoms with van der Waals surface area (Å²) in [6.45, 7) is 5.95. The summed E-state index contributed by atoms with van der Waals surface area (Å²) < 4.78 is 10.1. The zero-order chi connectivity index (χ0) is 10.2. The first kappa shape index (κ1) is 12.4. The molecule has 13 heavy (non-hydrogen) atoms. The van der Waals surface area contributed by atoms with Gasteiger partial charge in [-0.25, -0.2) is 0 Å². The van der Waals surface area contributed by atoms with Gasteiger partial charge in [-0.05, 0) is 6.92 Å². The van der Waals surface area contributed by atoms with Gasteiger partial charge in [-0.2, -0.15) is 0 Å². The standard InChI is InChI=1S/C9H18O4/c1-3-12-7-9(5-10,6-11)8-13-4-2/h3,10-11H,1,4-8H2,2H3. The van der Waals surface area contributed by atoms with Crippen LogP contribution < -0.4 is 0 Å². The lowest BCUT2D eigenvalue weighted by molar-refractivity contribution is -0.0581. The molecule has 0 aromatic rings. The molecule has 0 saturated carbocycles. The average Bonchev–Trinajstić information content (AvgIpc) is 2.20. The molecule has 0 radical (unpaired) electrons. The van der Waals surface area contributed by atoms with Gasteiger partial charge in [0.1, 0.15) is 0 Å². The van der Waals surface area contributed by atoms with E-state index in [0.717, 1.165) is 0 Å². The summed E-state index contributed by atoms with van der Waals surface area (Å²) in [6.07, 6.45) is 1.28. The zero-order valence-electron chi connectivity index (χ0n) is 8.03. The Bertz CT molecular complexity index is 132. The van der Waals surface area contributed by atoms with Gasteiger partial charge in [-0.3, -0.25) is 0 Å². The van der Waals surface area contributed by atoms with Crippen LogP contribution in [0.4, 0.5) is 0 Å². The molecule has 0 aromatic carbocycles. The highest BCUT2D eigenvalue weighted by Crippen LogP contribution is 2.16. The Labute approximate surface area is 78.8 Å². The Morgan fingerprint density at radius 3 is 2.31 bits per heavy atom. The van der Waals surface area contributed by atoms with Crippen LogP contribution in [0.1, 0.15) is 6.92 Å². The molecule has 0 amide bonds. The second kappa shape index (κ2) is 6.88. The van der Waals surface area contributed by atoms with Crippen LogP contribution >= 0.6 is 0 Å². The fraction of sp³-hybridized carbons (Fsp3) is 0.778. The lowest BCUT2D eigenvalue weighted by atomic mass is 9.92. The molecule has 0 aliphatic rings. The first-order valence-electron chi connectivity index (χ1n) is 4.26. The molecule has 0 saturated heterocycles. The number of rotatable bonds is 8. The van der Waals surface area contributed by atoms with Crippen molar-refractivity contribution in [3.05, 3.63) is 12.8 Å². The largest absolute Gasteiger partial charge is 0.501 e. The number of ether oxygens (including phenoxy) is 2. The SMILES string of the molecule is C=COCC(CO)(CO)COCC. The van der Waals surface area contributed by atoms with Crippen molar-refractivity contribution < 1.29 is 19.7 Å². The van der Waals surface area contributed by atoms with Crippen molar-refractivity contribution in [1.29, 1.82) is 0 Å². The Kier molecular flexibility index (Phi) is 6.58. The fourth-order valence-electron chi connectivity index (χ4n) is 0.829. The van der Waals surface area contributed by atoms with Crippen LogP contribution in [-0.4, -0.2) is 43.2 Å². The van der Waals surface area contributed by atoms with Crippen LogP contribution in [0.5, 0.6) is 0 Å². The van der Waals surface area contributed by atoms with Crippen LogP contribution in [0.3, 0.4) is 0 Å². The van der Waals surface area contributed by atoms with Crippen molar-refractivity contribution in [3.63, 3.8) is 0 Å². The Morgan fingerprint density at radius 2 is 1.92 bits per heavy atom. The van der Waals surface area contributed by atoms with Crippen LogP contribution in [0.15, 0.2) is 12.8 Å². The molecule has 4 heteroatoms. The maximum absolute atomic E-state index is 9.08. The molecule has 0 aliphatic carbocycles. The van der Waals surface area contributed by atoms with Gasteiger partial charge >= 0.3 is 0 Å². The van der Waals surface area contributed by atoms with Crippen LogP contribution in [-0.2, 0) is 9.47 Å². The predicted molar refractivity (Wildman–Crippen MR) is 49.2 cm³/mol. The van der Waals surface area contributed by atoms with Crippen LogP contribution in [0.25, 0.3) is 0 Å². The normalized spacial score (nSPS) is 11.3. The number of hydrogen-bond donors (Lipinski definition) is 2. The van der Waals surface area contributed by atoms with E-state index in [-0.39, 0.29) is 26.4 Å². The number of aliphatic hydroxyl groups excluding tert-OH is 2. The first-order chi connectivity index (χ1) is 6.24. The molecule has 0 bridgehead atoms. The molecular weight excluding hydrogens is 172 g/mol. The second-order valence-corrected chi connectivity index (χ2v) is 2.93. The Balaban J connectivity index is 4.04. The van der Waals surface area contributed by atoms with E-state index in [2.05, 4.69) is 6.58 Å². The third-order valence-electron chi connectivity index (χ3n) is 1.79.